The van der Waals surface area contributed by atoms with Crippen LogP contribution in [0.25, 0.3) is 0 Å². The maximum absolute atomic E-state index is 5.95. The molecule has 1 aromatic carbocycles. The van der Waals surface area contributed by atoms with E-state index in [0.29, 0.717) is 6.61 Å². The van der Waals surface area contributed by atoms with Gasteiger partial charge in [-0.15, -0.1) is 11.6 Å². The standard InChI is InChI=1S/C10H10BrClO/c11-8-3-1-7(2-4-8)10-5-9(12)6-13-10/h1-4,9-10H,5-6H2. The van der Waals surface area contributed by atoms with Crippen LogP contribution >= 0.6 is 27.5 Å². The number of ether oxygens (including phenoxy) is 1. The van der Waals surface area contributed by atoms with Crippen LogP contribution in [-0.4, -0.2) is 12.0 Å². The zero-order valence-corrected chi connectivity index (χ0v) is 9.38. The van der Waals surface area contributed by atoms with E-state index < -0.39 is 0 Å². The predicted octanol–water partition coefficient (Wildman–Crippen LogP) is 3.52. The van der Waals surface area contributed by atoms with Crippen LogP contribution in [0.1, 0.15) is 18.1 Å². The van der Waals surface area contributed by atoms with Crippen molar-refractivity contribution in [2.75, 3.05) is 6.61 Å². The molecule has 1 heterocycles. The van der Waals surface area contributed by atoms with Crippen LogP contribution in [0.5, 0.6) is 0 Å². The minimum absolute atomic E-state index is 0.175. The first-order chi connectivity index (χ1) is 6.25. The highest BCUT2D eigenvalue weighted by Gasteiger charge is 2.24. The van der Waals surface area contributed by atoms with Crippen LogP contribution in [0, 0.1) is 0 Å². The summed E-state index contributed by atoms with van der Waals surface area (Å²) >= 11 is 9.35. The fourth-order valence-electron chi connectivity index (χ4n) is 1.50. The van der Waals surface area contributed by atoms with Crippen molar-refractivity contribution in [2.45, 2.75) is 17.9 Å². The summed E-state index contributed by atoms with van der Waals surface area (Å²) in [6.07, 6.45) is 1.11. The monoisotopic (exact) mass is 260 g/mol. The van der Waals surface area contributed by atoms with Crippen molar-refractivity contribution in [2.24, 2.45) is 0 Å². The van der Waals surface area contributed by atoms with Gasteiger partial charge in [-0.05, 0) is 24.1 Å². The normalized spacial score (nSPS) is 27.8. The van der Waals surface area contributed by atoms with Gasteiger partial charge in [-0.3, -0.25) is 0 Å². The molecule has 0 N–H and O–H groups in total. The lowest BCUT2D eigenvalue weighted by atomic mass is 10.1. The maximum Gasteiger partial charge on any atom is 0.0840 e. The van der Waals surface area contributed by atoms with E-state index in [9.17, 15) is 0 Å². The molecule has 2 unspecified atom stereocenters. The first-order valence-electron chi connectivity index (χ1n) is 4.27. The minimum atomic E-state index is 0.175. The molecule has 1 aliphatic rings. The Morgan fingerprint density at radius 3 is 2.54 bits per heavy atom. The molecule has 0 aliphatic carbocycles. The number of alkyl halides is 1. The summed E-state index contributed by atoms with van der Waals surface area (Å²) in [5.74, 6) is 0. The molecule has 2 atom stereocenters. The quantitative estimate of drug-likeness (QED) is 0.703. The van der Waals surface area contributed by atoms with Crippen LogP contribution in [0.4, 0.5) is 0 Å². The topological polar surface area (TPSA) is 9.23 Å². The van der Waals surface area contributed by atoms with Gasteiger partial charge in [0, 0.05) is 4.47 Å². The summed E-state index contributed by atoms with van der Waals surface area (Å²) in [7, 11) is 0. The molecule has 0 bridgehead atoms. The van der Waals surface area contributed by atoms with Crippen LogP contribution < -0.4 is 0 Å². The number of hydrogen-bond acceptors (Lipinski definition) is 1. The van der Waals surface area contributed by atoms with Gasteiger partial charge < -0.3 is 4.74 Å². The summed E-state index contributed by atoms with van der Waals surface area (Å²) in [5, 5.41) is 0.175. The Labute approximate surface area is 91.2 Å². The molecule has 70 valence electrons. The molecule has 13 heavy (non-hydrogen) atoms. The highest BCUT2D eigenvalue weighted by molar-refractivity contribution is 9.10. The zero-order chi connectivity index (χ0) is 9.26. The maximum atomic E-state index is 5.95. The second-order valence-corrected chi connectivity index (χ2v) is 4.74. The Kier molecular flexibility index (Phi) is 2.92. The first-order valence-corrected chi connectivity index (χ1v) is 5.50. The first kappa shape index (κ1) is 9.50. The van der Waals surface area contributed by atoms with Crippen LogP contribution in [0.2, 0.25) is 0 Å². The van der Waals surface area contributed by atoms with E-state index in [1.54, 1.807) is 0 Å². The summed E-state index contributed by atoms with van der Waals surface area (Å²) in [6.45, 7) is 0.669. The molecule has 0 amide bonds. The number of halogens is 2. The number of rotatable bonds is 1. The third kappa shape index (κ3) is 2.25. The third-order valence-electron chi connectivity index (χ3n) is 2.19. The number of hydrogen-bond donors (Lipinski definition) is 0. The second-order valence-electron chi connectivity index (χ2n) is 3.21. The molecular weight excluding hydrogens is 251 g/mol. The Bertz CT molecular complexity index is 285. The largest absolute Gasteiger partial charge is 0.372 e. The summed E-state index contributed by atoms with van der Waals surface area (Å²) < 4.78 is 6.64. The summed E-state index contributed by atoms with van der Waals surface area (Å²) in [6, 6.07) is 8.20. The molecule has 0 radical (unpaired) electrons. The van der Waals surface area contributed by atoms with Gasteiger partial charge >= 0.3 is 0 Å². The van der Waals surface area contributed by atoms with E-state index in [1.165, 1.54) is 5.56 Å². The molecule has 1 fully saturated rings. The van der Waals surface area contributed by atoms with Gasteiger partial charge in [-0.25, -0.2) is 0 Å². The zero-order valence-electron chi connectivity index (χ0n) is 7.04. The van der Waals surface area contributed by atoms with E-state index >= 15 is 0 Å². The average Bonchev–Trinajstić information content (AvgIpc) is 2.53. The Hall–Kier alpha value is -0.0500. The second kappa shape index (κ2) is 3.99. The van der Waals surface area contributed by atoms with Crippen molar-refractivity contribution in [1.82, 2.24) is 0 Å². The molecule has 0 saturated carbocycles. The van der Waals surface area contributed by atoms with Crippen LogP contribution in [0.15, 0.2) is 28.7 Å². The highest BCUT2D eigenvalue weighted by Crippen LogP contribution is 2.31. The fraction of sp³-hybridized carbons (Fsp3) is 0.400. The molecule has 0 aromatic heterocycles. The SMILES string of the molecule is ClC1COC(c2ccc(Br)cc2)C1. The van der Waals surface area contributed by atoms with Crippen molar-refractivity contribution in [1.29, 1.82) is 0 Å². The molecular formula is C10H10BrClO. The Morgan fingerprint density at radius 2 is 2.00 bits per heavy atom. The van der Waals surface area contributed by atoms with Gasteiger partial charge in [0.1, 0.15) is 0 Å². The van der Waals surface area contributed by atoms with Crippen LogP contribution in [0.3, 0.4) is 0 Å². The average molecular weight is 262 g/mol. The lowest BCUT2D eigenvalue weighted by Crippen LogP contribution is -1.95. The lowest BCUT2D eigenvalue weighted by molar-refractivity contribution is 0.112. The molecule has 1 aliphatic heterocycles. The minimum Gasteiger partial charge on any atom is -0.372 e. The van der Waals surface area contributed by atoms with Gasteiger partial charge in [-0.1, -0.05) is 28.1 Å². The molecule has 1 aromatic rings. The van der Waals surface area contributed by atoms with E-state index in [2.05, 4.69) is 28.1 Å². The van der Waals surface area contributed by atoms with E-state index in [1.807, 2.05) is 12.1 Å². The number of benzene rings is 1. The van der Waals surface area contributed by atoms with Gasteiger partial charge in [0.15, 0.2) is 0 Å². The molecule has 1 saturated heterocycles. The fourth-order valence-corrected chi connectivity index (χ4v) is 2.00. The summed E-state index contributed by atoms with van der Waals surface area (Å²) in [4.78, 5) is 0. The van der Waals surface area contributed by atoms with Crippen molar-refractivity contribution in [3.05, 3.63) is 34.3 Å². The molecule has 0 spiro atoms. The van der Waals surface area contributed by atoms with Gasteiger partial charge in [0.25, 0.3) is 0 Å². The van der Waals surface area contributed by atoms with E-state index in [-0.39, 0.29) is 11.5 Å². The lowest BCUT2D eigenvalue weighted by Gasteiger charge is -2.08. The third-order valence-corrected chi connectivity index (χ3v) is 3.02. The molecule has 1 nitrogen and oxygen atoms in total. The Morgan fingerprint density at radius 1 is 1.31 bits per heavy atom. The van der Waals surface area contributed by atoms with Gasteiger partial charge in [-0.2, -0.15) is 0 Å². The summed E-state index contributed by atoms with van der Waals surface area (Å²) in [5.41, 5.74) is 1.21. The van der Waals surface area contributed by atoms with Crippen molar-refractivity contribution in [3.8, 4) is 0 Å². The van der Waals surface area contributed by atoms with Crippen molar-refractivity contribution in [3.63, 3.8) is 0 Å². The molecule has 3 heteroatoms. The van der Waals surface area contributed by atoms with Crippen molar-refractivity contribution < 1.29 is 4.74 Å². The predicted molar refractivity (Wildman–Crippen MR) is 57.1 cm³/mol. The Balaban J connectivity index is 2.13. The van der Waals surface area contributed by atoms with Gasteiger partial charge in [0.2, 0.25) is 0 Å². The smallest absolute Gasteiger partial charge is 0.0840 e. The van der Waals surface area contributed by atoms with E-state index in [4.69, 9.17) is 16.3 Å². The molecule has 2 rings (SSSR count). The van der Waals surface area contributed by atoms with E-state index in [0.717, 1.165) is 10.9 Å². The van der Waals surface area contributed by atoms with Crippen molar-refractivity contribution >= 4 is 27.5 Å². The van der Waals surface area contributed by atoms with Gasteiger partial charge in [0.05, 0.1) is 18.1 Å². The highest BCUT2D eigenvalue weighted by atomic mass is 79.9. The van der Waals surface area contributed by atoms with Crippen LogP contribution in [-0.2, 0) is 4.74 Å².